The number of amides is 3. The second-order valence-corrected chi connectivity index (χ2v) is 7.05. The van der Waals surface area contributed by atoms with Crippen LogP contribution in [0.25, 0.3) is 0 Å². The highest BCUT2D eigenvalue weighted by atomic mass is 35.5. The lowest BCUT2D eigenvalue weighted by molar-refractivity contribution is -0.123. The fourth-order valence-corrected chi connectivity index (χ4v) is 3.45. The molecule has 148 valence electrons. The van der Waals surface area contributed by atoms with Crippen molar-refractivity contribution in [1.82, 2.24) is 5.01 Å². The predicted octanol–water partition coefficient (Wildman–Crippen LogP) is 2.72. The Balaban J connectivity index is 1.49. The van der Waals surface area contributed by atoms with Crippen molar-refractivity contribution in [2.24, 2.45) is 10.3 Å². The van der Waals surface area contributed by atoms with E-state index >= 15 is 0 Å². The normalized spacial score (nSPS) is 20.4. The van der Waals surface area contributed by atoms with Crippen LogP contribution in [0.5, 0.6) is 0 Å². The van der Waals surface area contributed by atoms with Crippen LogP contribution in [0.4, 0.5) is 15.8 Å². The highest BCUT2D eigenvalue weighted by Gasteiger charge is 2.55. The third kappa shape index (κ3) is 3.33. The van der Waals surface area contributed by atoms with E-state index in [-0.39, 0.29) is 12.2 Å². The van der Waals surface area contributed by atoms with Crippen molar-refractivity contribution in [3.05, 3.63) is 58.9 Å². The van der Waals surface area contributed by atoms with Crippen LogP contribution >= 0.6 is 11.6 Å². The molecule has 1 saturated heterocycles. The summed E-state index contributed by atoms with van der Waals surface area (Å²) in [7, 11) is 0. The molecule has 2 atom stereocenters. The van der Waals surface area contributed by atoms with Crippen molar-refractivity contribution in [3.8, 4) is 0 Å². The predicted molar refractivity (Wildman–Crippen MR) is 103 cm³/mol. The summed E-state index contributed by atoms with van der Waals surface area (Å²) in [5, 5.41) is 12.1. The van der Waals surface area contributed by atoms with Crippen molar-refractivity contribution in [2.45, 2.75) is 19.0 Å². The summed E-state index contributed by atoms with van der Waals surface area (Å²) in [5.74, 6) is -2.05. The van der Waals surface area contributed by atoms with Gasteiger partial charge in [-0.3, -0.25) is 19.4 Å². The van der Waals surface area contributed by atoms with Crippen LogP contribution in [0.1, 0.15) is 5.56 Å². The number of fused-ring (bicyclic) bond motifs is 1. The summed E-state index contributed by atoms with van der Waals surface area (Å²) in [6.45, 7) is 1.50. The molecular weight excluding hydrogens is 401 g/mol. The van der Waals surface area contributed by atoms with Gasteiger partial charge in [0.05, 0.1) is 5.69 Å². The SMILES string of the molecule is Cc1c(Cl)cccc1NC(=O)CN1N=NC2C(=O)N(c3ccc(F)cc3)C(=O)C21. The average molecular weight is 416 g/mol. The molecule has 10 heteroatoms. The van der Waals surface area contributed by atoms with Gasteiger partial charge in [-0.2, -0.15) is 5.11 Å². The first kappa shape index (κ1) is 19.0. The molecule has 2 aliphatic heterocycles. The zero-order chi connectivity index (χ0) is 20.7. The second kappa shape index (κ2) is 7.25. The van der Waals surface area contributed by atoms with Crippen molar-refractivity contribution < 1.29 is 18.8 Å². The lowest BCUT2D eigenvalue weighted by atomic mass is 10.1. The molecule has 2 aliphatic rings. The van der Waals surface area contributed by atoms with E-state index in [0.717, 1.165) is 17.0 Å². The molecule has 0 aliphatic carbocycles. The first-order valence-corrected chi connectivity index (χ1v) is 9.10. The van der Waals surface area contributed by atoms with Gasteiger partial charge < -0.3 is 5.32 Å². The molecule has 2 heterocycles. The maximum Gasteiger partial charge on any atom is 0.263 e. The highest BCUT2D eigenvalue weighted by Crippen LogP contribution is 2.32. The van der Waals surface area contributed by atoms with Crippen LogP contribution in [0, 0.1) is 12.7 Å². The van der Waals surface area contributed by atoms with Gasteiger partial charge in [0.2, 0.25) is 5.91 Å². The van der Waals surface area contributed by atoms with Gasteiger partial charge in [0.1, 0.15) is 12.4 Å². The summed E-state index contributed by atoms with van der Waals surface area (Å²) in [6, 6.07) is 8.05. The summed E-state index contributed by atoms with van der Waals surface area (Å²) >= 11 is 6.05. The Kier molecular flexibility index (Phi) is 4.75. The third-order valence-corrected chi connectivity index (χ3v) is 5.20. The fourth-order valence-electron chi connectivity index (χ4n) is 3.28. The minimum Gasteiger partial charge on any atom is -0.324 e. The number of hydrogen-bond donors (Lipinski definition) is 1. The summed E-state index contributed by atoms with van der Waals surface area (Å²) in [6.07, 6.45) is 0. The smallest absolute Gasteiger partial charge is 0.263 e. The molecule has 3 amide bonds. The molecule has 0 spiro atoms. The number of benzene rings is 2. The van der Waals surface area contributed by atoms with E-state index in [1.165, 1.54) is 17.1 Å². The maximum atomic E-state index is 13.2. The summed E-state index contributed by atoms with van der Waals surface area (Å²) < 4.78 is 13.2. The number of nitrogens with zero attached hydrogens (tertiary/aromatic N) is 4. The molecule has 0 bridgehead atoms. The third-order valence-electron chi connectivity index (χ3n) is 4.79. The first-order valence-electron chi connectivity index (χ1n) is 8.72. The average Bonchev–Trinajstić information content (AvgIpc) is 3.20. The number of hydrogen-bond acceptors (Lipinski definition) is 6. The van der Waals surface area contributed by atoms with Gasteiger partial charge in [-0.25, -0.2) is 9.29 Å². The van der Waals surface area contributed by atoms with Gasteiger partial charge in [0, 0.05) is 10.7 Å². The largest absolute Gasteiger partial charge is 0.324 e. The van der Waals surface area contributed by atoms with E-state index < -0.39 is 35.6 Å². The topological polar surface area (TPSA) is 94.4 Å². The number of anilines is 2. The van der Waals surface area contributed by atoms with Gasteiger partial charge in [0.15, 0.2) is 12.1 Å². The van der Waals surface area contributed by atoms with E-state index in [9.17, 15) is 18.8 Å². The van der Waals surface area contributed by atoms with E-state index in [1.807, 2.05) is 0 Å². The number of carbonyl (C=O) groups excluding carboxylic acids is 3. The van der Waals surface area contributed by atoms with E-state index in [2.05, 4.69) is 15.7 Å². The van der Waals surface area contributed by atoms with Crippen LogP contribution < -0.4 is 10.2 Å². The zero-order valence-corrected chi connectivity index (χ0v) is 15.9. The highest BCUT2D eigenvalue weighted by molar-refractivity contribution is 6.31. The Labute approximate surface area is 169 Å². The van der Waals surface area contributed by atoms with Crippen molar-refractivity contribution >= 4 is 40.7 Å². The number of carbonyl (C=O) groups is 3. The zero-order valence-electron chi connectivity index (χ0n) is 15.2. The molecule has 2 aromatic rings. The van der Waals surface area contributed by atoms with Crippen LogP contribution in [0.15, 0.2) is 52.8 Å². The Morgan fingerprint density at radius 2 is 1.90 bits per heavy atom. The molecule has 2 unspecified atom stereocenters. The second-order valence-electron chi connectivity index (χ2n) is 6.64. The maximum absolute atomic E-state index is 13.2. The van der Waals surface area contributed by atoms with Gasteiger partial charge in [-0.1, -0.05) is 22.9 Å². The molecule has 0 aromatic heterocycles. The molecule has 29 heavy (non-hydrogen) atoms. The molecule has 1 N–H and O–H groups in total. The number of halogens is 2. The van der Waals surface area contributed by atoms with E-state index in [1.54, 1.807) is 25.1 Å². The fraction of sp³-hybridized carbons (Fsp3) is 0.211. The van der Waals surface area contributed by atoms with Crippen molar-refractivity contribution in [1.29, 1.82) is 0 Å². The lowest BCUT2D eigenvalue weighted by Gasteiger charge is -2.20. The van der Waals surface area contributed by atoms with Gasteiger partial charge in [0.25, 0.3) is 11.8 Å². The van der Waals surface area contributed by atoms with Crippen molar-refractivity contribution in [3.63, 3.8) is 0 Å². The molecule has 2 aromatic carbocycles. The first-order chi connectivity index (χ1) is 13.9. The van der Waals surface area contributed by atoms with Gasteiger partial charge >= 0.3 is 0 Å². The van der Waals surface area contributed by atoms with Gasteiger partial charge in [-0.15, -0.1) is 0 Å². The minimum atomic E-state index is -1.03. The van der Waals surface area contributed by atoms with Crippen LogP contribution in [0.3, 0.4) is 0 Å². The van der Waals surface area contributed by atoms with Crippen LogP contribution in [-0.2, 0) is 14.4 Å². The Hall–Kier alpha value is -3.33. The Morgan fingerprint density at radius 1 is 1.17 bits per heavy atom. The molecule has 1 fully saturated rings. The lowest BCUT2D eigenvalue weighted by Crippen LogP contribution is -2.43. The summed E-state index contributed by atoms with van der Waals surface area (Å²) in [4.78, 5) is 38.8. The number of nitrogens with one attached hydrogen (secondary N) is 1. The summed E-state index contributed by atoms with van der Waals surface area (Å²) in [5.41, 5.74) is 1.49. The monoisotopic (exact) mass is 415 g/mol. The molecular formula is C19H15ClFN5O3. The van der Waals surface area contributed by atoms with E-state index in [4.69, 9.17) is 11.6 Å². The quantitative estimate of drug-likeness (QED) is 0.777. The van der Waals surface area contributed by atoms with Crippen LogP contribution in [0.2, 0.25) is 5.02 Å². The van der Waals surface area contributed by atoms with E-state index in [0.29, 0.717) is 16.3 Å². The molecule has 0 radical (unpaired) electrons. The number of rotatable bonds is 4. The Morgan fingerprint density at radius 3 is 2.62 bits per heavy atom. The molecule has 4 rings (SSSR count). The minimum absolute atomic E-state index is 0.241. The van der Waals surface area contributed by atoms with Crippen molar-refractivity contribution in [2.75, 3.05) is 16.8 Å². The Bertz CT molecular complexity index is 1040. The molecule has 8 nitrogen and oxygen atoms in total. The standard InChI is InChI=1S/C19H15ClFN5O3/c1-10-13(20)3-2-4-14(10)22-15(27)9-25-17-16(23-24-25)18(28)26(19(17)29)12-7-5-11(21)6-8-12/h2-8,16-17H,9H2,1H3,(H,22,27). The molecule has 0 saturated carbocycles. The van der Waals surface area contributed by atoms with Gasteiger partial charge in [-0.05, 0) is 48.9 Å². The number of imide groups is 1. The van der Waals surface area contributed by atoms with Crippen LogP contribution in [-0.4, -0.2) is 41.4 Å².